The van der Waals surface area contributed by atoms with E-state index in [0.717, 1.165) is 24.6 Å². The van der Waals surface area contributed by atoms with Crippen molar-refractivity contribution >= 4 is 40.8 Å². The van der Waals surface area contributed by atoms with Crippen LogP contribution < -0.4 is 4.90 Å². The van der Waals surface area contributed by atoms with Gasteiger partial charge in [0.2, 0.25) is 0 Å². The van der Waals surface area contributed by atoms with Crippen LogP contribution in [-0.2, 0) is 6.18 Å². The number of aromatic nitrogens is 2. The van der Waals surface area contributed by atoms with Gasteiger partial charge in [0.25, 0.3) is 0 Å². The number of rotatable bonds is 3. The molecular formula is C21H22Cl2F3N3S. The van der Waals surface area contributed by atoms with Crippen molar-refractivity contribution in [3.63, 3.8) is 0 Å². The molecule has 1 aliphatic carbocycles. The van der Waals surface area contributed by atoms with E-state index in [2.05, 4.69) is 16.9 Å². The smallest absolute Gasteiger partial charge is 0.355 e. The van der Waals surface area contributed by atoms with Crippen molar-refractivity contribution in [2.24, 2.45) is 11.3 Å². The van der Waals surface area contributed by atoms with Crippen molar-refractivity contribution in [2.75, 3.05) is 18.0 Å². The zero-order valence-corrected chi connectivity index (χ0v) is 18.8. The van der Waals surface area contributed by atoms with Crippen LogP contribution in [0.15, 0.2) is 34.3 Å². The predicted octanol–water partition coefficient (Wildman–Crippen LogP) is 7.36. The molecule has 2 aliphatic rings. The van der Waals surface area contributed by atoms with Gasteiger partial charge in [-0.25, -0.2) is 9.97 Å². The van der Waals surface area contributed by atoms with Crippen LogP contribution in [0.25, 0.3) is 0 Å². The first-order valence-electron chi connectivity index (χ1n) is 10.0. The molecule has 1 saturated heterocycles. The van der Waals surface area contributed by atoms with E-state index in [0.29, 0.717) is 29.3 Å². The summed E-state index contributed by atoms with van der Waals surface area (Å²) >= 11 is 13.0. The number of piperidine rings is 1. The third-order valence-corrected chi connectivity index (χ3v) is 8.54. The topological polar surface area (TPSA) is 29.0 Å². The van der Waals surface area contributed by atoms with Gasteiger partial charge in [-0.2, -0.15) is 13.2 Å². The number of nitrogens with zero attached hydrogens (tertiary/aromatic N) is 3. The fraction of sp³-hybridized carbons (Fsp3) is 0.524. The molecule has 9 heteroatoms. The largest absolute Gasteiger partial charge is 0.436 e. The summed E-state index contributed by atoms with van der Waals surface area (Å²) in [6.45, 7) is 3.73. The van der Waals surface area contributed by atoms with Crippen molar-refractivity contribution < 1.29 is 13.2 Å². The highest BCUT2D eigenvalue weighted by atomic mass is 35.5. The summed E-state index contributed by atoms with van der Waals surface area (Å²) in [7, 11) is 0. The Hall–Kier alpha value is -1.18. The second-order valence-electron chi connectivity index (χ2n) is 8.18. The summed E-state index contributed by atoms with van der Waals surface area (Å²) in [5.41, 5.74) is -0.647. The SMILES string of the molecule is C[C@@H]1CCCC12CCN(c1cnc(Sc3cccc(Cl)c3Cl)c(C(F)(F)F)n1)CC2. The van der Waals surface area contributed by atoms with Crippen LogP contribution in [-0.4, -0.2) is 23.1 Å². The molecule has 1 aliphatic heterocycles. The maximum absolute atomic E-state index is 13.8. The van der Waals surface area contributed by atoms with Crippen LogP contribution in [0, 0.1) is 11.3 Å². The Kier molecular flexibility index (Phi) is 6.17. The summed E-state index contributed by atoms with van der Waals surface area (Å²) in [4.78, 5) is 10.5. The van der Waals surface area contributed by atoms with Gasteiger partial charge in [0, 0.05) is 18.0 Å². The van der Waals surface area contributed by atoms with Gasteiger partial charge in [-0.1, -0.05) is 60.8 Å². The minimum atomic E-state index is -4.62. The molecule has 2 fully saturated rings. The Morgan fingerprint density at radius 2 is 1.90 bits per heavy atom. The van der Waals surface area contributed by atoms with Crippen LogP contribution in [0.1, 0.15) is 44.7 Å². The first-order chi connectivity index (χ1) is 14.2. The number of hydrogen-bond acceptors (Lipinski definition) is 4. The average Bonchev–Trinajstić information content (AvgIpc) is 3.05. The zero-order valence-electron chi connectivity index (χ0n) is 16.5. The summed E-state index contributed by atoms with van der Waals surface area (Å²) in [6.07, 6.45) is 2.52. The molecule has 1 aromatic heterocycles. The number of anilines is 1. The first kappa shape index (κ1) is 22.0. The molecule has 162 valence electrons. The van der Waals surface area contributed by atoms with Crippen molar-refractivity contribution in [2.45, 2.75) is 55.1 Å². The highest BCUT2D eigenvalue weighted by Gasteiger charge is 2.43. The Morgan fingerprint density at radius 1 is 1.17 bits per heavy atom. The molecule has 2 aromatic rings. The van der Waals surface area contributed by atoms with Crippen LogP contribution >= 0.6 is 35.0 Å². The minimum absolute atomic E-state index is 0.204. The lowest BCUT2D eigenvalue weighted by Gasteiger charge is -2.42. The highest BCUT2D eigenvalue weighted by molar-refractivity contribution is 7.99. The Morgan fingerprint density at radius 3 is 2.53 bits per heavy atom. The third-order valence-electron chi connectivity index (χ3n) is 6.56. The van der Waals surface area contributed by atoms with Gasteiger partial charge in [0.1, 0.15) is 10.8 Å². The quantitative estimate of drug-likeness (QED) is 0.463. The lowest BCUT2D eigenvalue weighted by molar-refractivity contribution is -0.143. The minimum Gasteiger partial charge on any atom is -0.355 e. The van der Waals surface area contributed by atoms with Gasteiger partial charge < -0.3 is 4.90 Å². The summed E-state index contributed by atoms with van der Waals surface area (Å²) in [6, 6.07) is 4.84. The van der Waals surface area contributed by atoms with Crippen molar-refractivity contribution in [1.82, 2.24) is 9.97 Å². The van der Waals surface area contributed by atoms with Gasteiger partial charge in [0.05, 0.1) is 16.2 Å². The lowest BCUT2D eigenvalue weighted by atomic mass is 9.71. The van der Waals surface area contributed by atoms with Gasteiger partial charge in [-0.15, -0.1) is 0 Å². The monoisotopic (exact) mass is 475 g/mol. The molecule has 4 rings (SSSR count). The highest BCUT2D eigenvalue weighted by Crippen LogP contribution is 2.50. The van der Waals surface area contributed by atoms with Gasteiger partial charge in [-0.05, 0) is 42.7 Å². The molecule has 0 radical (unpaired) electrons. The lowest BCUT2D eigenvalue weighted by Crippen LogP contribution is -2.42. The van der Waals surface area contributed by atoms with Crippen LogP contribution in [0.5, 0.6) is 0 Å². The number of hydrogen-bond donors (Lipinski definition) is 0. The second kappa shape index (κ2) is 8.40. The standard InChI is InChI=1S/C21H22Cl2F3N3S/c1-13-4-3-7-20(13)8-10-29(11-9-20)16-12-27-19(18(28-16)21(24,25)26)30-15-6-2-5-14(22)17(15)23/h2,5-6,12-13H,3-4,7-11H2,1H3/t13-/m1/s1. The predicted molar refractivity (Wildman–Crippen MR) is 115 cm³/mol. The number of halogens is 5. The van der Waals surface area contributed by atoms with Crippen LogP contribution in [0.4, 0.5) is 19.0 Å². The molecule has 0 amide bonds. The van der Waals surface area contributed by atoms with E-state index in [9.17, 15) is 13.2 Å². The Bertz CT molecular complexity index is 930. The molecule has 30 heavy (non-hydrogen) atoms. The third kappa shape index (κ3) is 4.26. The van der Waals surface area contributed by atoms with E-state index >= 15 is 0 Å². The van der Waals surface area contributed by atoms with Gasteiger partial charge in [-0.3, -0.25) is 0 Å². The molecule has 2 heterocycles. The first-order valence-corrected chi connectivity index (χ1v) is 11.6. The summed E-state index contributed by atoms with van der Waals surface area (Å²) < 4.78 is 41.3. The van der Waals surface area contributed by atoms with E-state index < -0.39 is 11.9 Å². The molecule has 1 atom stereocenters. The molecule has 0 bridgehead atoms. The zero-order chi connectivity index (χ0) is 21.5. The van der Waals surface area contributed by atoms with E-state index in [1.54, 1.807) is 18.2 Å². The van der Waals surface area contributed by atoms with E-state index in [1.165, 1.54) is 25.5 Å². The molecule has 1 spiro atoms. The van der Waals surface area contributed by atoms with Crippen molar-refractivity contribution in [3.8, 4) is 0 Å². The number of benzene rings is 1. The molecule has 1 aromatic carbocycles. The molecule has 3 nitrogen and oxygen atoms in total. The number of alkyl halides is 3. The maximum atomic E-state index is 13.8. The maximum Gasteiger partial charge on any atom is 0.436 e. The van der Waals surface area contributed by atoms with E-state index in [1.807, 2.05) is 4.90 Å². The van der Waals surface area contributed by atoms with Crippen LogP contribution in [0.2, 0.25) is 10.0 Å². The molecule has 1 saturated carbocycles. The van der Waals surface area contributed by atoms with Crippen molar-refractivity contribution in [3.05, 3.63) is 40.1 Å². The molecular weight excluding hydrogens is 454 g/mol. The average molecular weight is 476 g/mol. The Balaban J connectivity index is 1.58. The van der Waals surface area contributed by atoms with E-state index in [4.69, 9.17) is 23.2 Å². The van der Waals surface area contributed by atoms with Gasteiger partial charge in [0.15, 0.2) is 5.69 Å². The fourth-order valence-electron chi connectivity index (χ4n) is 4.68. The van der Waals surface area contributed by atoms with Gasteiger partial charge >= 0.3 is 6.18 Å². The molecule has 0 N–H and O–H groups in total. The molecule has 0 unspecified atom stereocenters. The summed E-state index contributed by atoms with van der Waals surface area (Å²) in [5, 5.41) is 0.256. The second-order valence-corrected chi connectivity index (χ2v) is 9.99. The fourth-order valence-corrected chi connectivity index (χ4v) is 6.07. The Labute approximate surface area is 188 Å². The van der Waals surface area contributed by atoms with Crippen molar-refractivity contribution in [1.29, 1.82) is 0 Å². The van der Waals surface area contributed by atoms with E-state index in [-0.39, 0.29) is 20.9 Å². The van der Waals surface area contributed by atoms with Crippen LogP contribution in [0.3, 0.4) is 0 Å². The normalized spacial score (nSPS) is 21.4. The summed E-state index contributed by atoms with van der Waals surface area (Å²) in [5.74, 6) is 0.960.